The Labute approximate surface area is 100 Å². The van der Waals surface area contributed by atoms with Crippen LogP contribution in [0.15, 0.2) is 24.3 Å². The zero-order valence-corrected chi connectivity index (χ0v) is 9.17. The summed E-state index contributed by atoms with van der Waals surface area (Å²) in [7, 11) is 0. The Bertz CT molecular complexity index is 402. The van der Waals surface area contributed by atoms with Crippen LogP contribution in [0, 0.1) is 5.82 Å². The van der Waals surface area contributed by atoms with Crippen molar-refractivity contribution in [1.29, 1.82) is 0 Å². The highest BCUT2D eigenvalue weighted by Gasteiger charge is 2.39. The second-order valence-corrected chi connectivity index (χ2v) is 3.68. The van der Waals surface area contributed by atoms with Gasteiger partial charge in [-0.25, -0.2) is 4.39 Å². The number of rotatable bonds is 5. The van der Waals surface area contributed by atoms with Crippen LogP contribution in [0.5, 0.6) is 0 Å². The quantitative estimate of drug-likeness (QED) is 0.804. The summed E-state index contributed by atoms with van der Waals surface area (Å²) in [6.07, 6.45) is -5.75. The summed E-state index contributed by atoms with van der Waals surface area (Å²) in [5.41, 5.74) is 0.0871. The second-order valence-electron chi connectivity index (χ2n) is 3.68. The van der Waals surface area contributed by atoms with E-state index < -0.39 is 36.8 Å². The van der Waals surface area contributed by atoms with Crippen molar-refractivity contribution in [1.82, 2.24) is 0 Å². The van der Waals surface area contributed by atoms with E-state index in [-0.39, 0.29) is 5.69 Å². The average molecular weight is 265 g/mol. The van der Waals surface area contributed by atoms with Crippen molar-refractivity contribution in [2.75, 3.05) is 5.32 Å². The smallest absolute Gasteiger partial charge is 0.408 e. The van der Waals surface area contributed by atoms with Gasteiger partial charge in [-0.05, 0) is 30.7 Å². The lowest BCUT2D eigenvalue weighted by Crippen LogP contribution is -2.36. The highest BCUT2D eigenvalue weighted by Crippen LogP contribution is 2.26. The van der Waals surface area contributed by atoms with Crippen LogP contribution in [0.1, 0.15) is 12.8 Å². The summed E-state index contributed by atoms with van der Waals surface area (Å²) in [6.45, 7) is 0. The summed E-state index contributed by atoms with van der Waals surface area (Å²) in [5.74, 6) is -1.86. The van der Waals surface area contributed by atoms with Gasteiger partial charge in [0.25, 0.3) is 0 Å². The molecule has 0 aliphatic carbocycles. The summed E-state index contributed by atoms with van der Waals surface area (Å²) >= 11 is 0. The summed E-state index contributed by atoms with van der Waals surface area (Å²) in [6, 6.07) is 2.39. The maximum Gasteiger partial charge on any atom is 0.408 e. The molecule has 18 heavy (non-hydrogen) atoms. The molecule has 0 fully saturated rings. The van der Waals surface area contributed by atoms with E-state index in [0.717, 1.165) is 24.3 Å². The van der Waals surface area contributed by atoms with Gasteiger partial charge >= 0.3 is 12.1 Å². The third-order valence-electron chi connectivity index (χ3n) is 2.23. The number of alkyl halides is 3. The molecular weight excluding hydrogens is 254 g/mol. The van der Waals surface area contributed by atoms with Gasteiger partial charge in [-0.2, -0.15) is 13.2 Å². The maximum absolute atomic E-state index is 12.6. The molecule has 1 unspecified atom stereocenters. The molecule has 0 heterocycles. The first-order chi connectivity index (χ1) is 8.29. The van der Waals surface area contributed by atoms with Crippen molar-refractivity contribution in [2.24, 2.45) is 0 Å². The van der Waals surface area contributed by atoms with Gasteiger partial charge in [0.1, 0.15) is 11.9 Å². The number of halogens is 4. The van der Waals surface area contributed by atoms with Crippen LogP contribution < -0.4 is 5.32 Å². The van der Waals surface area contributed by atoms with Gasteiger partial charge in [0.2, 0.25) is 0 Å². The number of hydrogen-bond donors (Lipinski definition) is 2. The summed E-state index contributed by atoms with van der Waals surface area (Å²) < 4.78 is 50.4. The Kier molecular flexibility index (Phi) is 4.52. The minimum Gasteiger partial charge on any atom is -0.481 e. The molecule has 1 rings (SSSR count). The molecule has 0 amide bonds. The van der Waals surface area contributed by atoms with Crippen LogP contribution in [0.4, 0.5) is 23.2 Å². The summed E-state index contributed by atoms with van der Waals surface area (Å²) in [4.78, 5) is 10.3. The molecule has 0 aliphatic rings. The molecule has 0 aromatic heterocycles. The van der Waals surface area contributed by atoms with Crippen molar-refractivity contribution in [3.05, 3.63) is 30.1 Å². The first-order valence-corrected chi connectivity index (χ1v) is 5.09. The molecule has 7 heteroatoms. The van der Waals surface area contributed by atoms with Crippen molar-refractivity contribution in [3.63, 3.8) is 0 Å². The van der Waals surface area contributed by atoms with Gasteiger partial charge in [0, 0.05) is 12.1 Å². The van der Waals surface area contributed by atoms with Gasteiger partial charge in [-0.3, -0.25) is 4.79 Å². The van der Waals surface area contributed by atoms with Gasteiger partial charge in [0.05, 0.1) is 0 Å². The van der Waals surface area contributed by atoms with Crippen LogP contribution >= 0.6 is 0 Å². The Morgan fingerprint density at radius 3 is 2.28 bits per heavy atom. The number of carboxylic acids is 1. The van der Waals surface area contributed by atoms with Crippen molar-refractivity contribution in [2.45, 2.75) is 25.1 Å². The van der Waals surface area contributed by atoms with E-state index in [1.54, 1.807) is 0 Å². The van der Waals surface area contributed by atoms with Crippen LogP contribution in [-0.2, 0) is 4.79 Å². The molecule has 100 valence electrons. The largest absolute Gasteiger partial charge is 0.481 e. The van der Waals surface area contributed by atoms with E-state index in [0.29, 0.717) is 0 Å². The fraction of sp³-hybridized carbons (Fsp3) is 0.364. The molecule has 0 bridgehead atoms. The molecule has 1 atom stereocenters. The molecule has 0 saturated heterocycles. The van der Waals surface area contributed by atoms with Crippen LogP contribution in [0.25, 0.3) is 0 Å². The lowest BCUT2D eigenvalue weighted by molar-refractivity contribution is -0.148. The number of benzene rings is 1. The molecular formula is C11H11F4NO2. The molecule has 0 saturated carbocycles. The molecule has 1 aromatic rings. The zero-order valence-electron chi connectivity index (χ0n) is 9.17. The average Bonchev–Trinajstić information content (AvgIpc) is 2.24. The minimum absolute atomic E-state index is 0.0871. The van der Waals surface area contributed by atoms with Gasteiger partial charge in [-0.1, -0.05) is 0 Å². The third kappa shape index (κ3) is 4.60. The highest BCUT2D eigenvalue weighted by molar-refractivity contribution is 5.66. The molecule has 1 aromatic carbocycles. The predicted molar refractivity (Wildman–Crippen MR) is 56.7 cm³/mol. The van der Waals surface area contributed by atoms with Gasteiger partial charge in [-0.15, -0.1) is 0 Å². The van der Waals surface area contributed by atoms with E-state index in [2.05, 4.69) is 5.32 Å². The summed E-state index contributed by atoms with van der Waals surface area (Å²) in [5, 5.41) is 10.5. The molecule has 0 spiro atoms. The minimum atomic E-state index is -4.57. The van der Waals surface area contributed by atoms with Gasteiger partial charge < -0.3 is 10.4 Å². The van der Waals surface area contributed by atoms with E-state index in [1.807, 2.05) is 0 Å². The van der Waals surface area contributed by atoms with Crippen LogP contribution in [0.3, 0.4) is 0 Å². The Hall–Kier alpha value is -1.79. The molecule has 2 N–H and O–H groups in total. The highest BCUT2D eigenvalue weighted by atomic mass is 19.4. The van der Waals surface area contributed by atoms with Gasteiger partial charge in [0.15, 0.2) is 0 Å². The van der Waals surface area contributed by atoms with Crippen LogP contribution in [0.2, 0.25) is 0 Å². The SMILES string of the molecule is O=C(O)CCC(Nc1ccc(F)cc1)C(F)(F)F. The Balaban J connectivity index is 2.72. The first-order valence-electron chi connectivity index (χ1n) is 5.09. The topological polar surface area (TPSA) is 49.3 Å². The molecule has 0 radical (unpaired) electrons. The lowest BCUT2D eigenvalue weighted by Gasteiger charge is -2.22. The first kappa shape index (κ1) is 14.3. The zero-order chi connectivity index (χ0) is 13.8. The number of carbonyl (C=O) groups is 1. The molecule has 0 aliphatic heterocycles. The normalized spacial score (nSPS) is 13.1. The van der Waals surface area contributed by atoms with E-state index in [4.69, 9.17) is 5.11 Å². The van der Waals surface area contributed by atoms with E-state index in [9.17, 15) is 22.4 Å². The third-order valence-corrected chi connectivity index (χ3v) is 2.23. The number of anilines is 1. The fourth-order valence-electron chi connectivity index (χ4n) is 1.33. The molecule has 3 nitrogen and oxygen atoms in total. The Morgan fingerprint density at radius 1 is 1.28 bits per heavy atom. The standard InChI is InChI=1S/C11H11F4NO2/c12-7-1-3-8(4-2-7)16-9(11(13,14)15)5-6-10(17)18/h1-4,9,16H,5-6H2,(H,17,18). The Morgan fingerprint density at radius 2 is 1.83 bits per heavy atom. The van der Waals surface area contributed by atoms with Crippen LogP contribution in [-0.4, -0.2) is 23.3 Å². The van der Waals surface area contributed by atoms with Crippen molar-refractivity contribution >= 4 is 11.7 Å². The van der Waals surface area contributed by atoms with E-state index >= 15 is 0 Å². The number of aliphatic carboxylic acids is 1. The monoisotopic (exact) mass is 265 g/mol. The fourth-order valence-corrected chi connectivity index (χ4v) is 1.33. The lowest BCUT2D eigenvalue weighted by atomic mass is 10.1. The second kappa shape index (κ2) is 5.70. The van der Waals surface area contributed by atoms with Crippen molar-refractivity contribution in [3.8, 4) is 0 Å². The number of carboxylic acid groups (broad SMARTS) is 1. The number of nitrogens with one attached hydrogen (secondary N) is 1. The maximum atomic E-state index is 12.6. The van der Waals surface area contributed by atoms with Crippen molar-refractivity contribution < 1.29 is 27.5 Å². The van der Waals surface area contributed by atoms with E-state index in [1.165, 1.54) is 0 Å². The number of hydrogen-bond acceptors (Lipinski definition) is 2. The predicted octanol–water partition coefficient (Wildman–Crippen LogP) is 3.03.